The molecule has 2 fully saturated rings. The molecular formula is C26H35N3O3. The second-order valence-corrected chi connectivity index (χ2v) is 8.95. The minimum Gasteiger partial charge on any atom is -0.490 e. The van der Waals surface area contributed by atoms with E-state index in [1.165, 1.54) is 0 Å². The van der Waals surface area contributed by atoms with Crippen molar-refractivity contribution in [2.45, 2.75) is 63.6 Å². The van der Waals surface area contributed by atoms with Crippen LogP contribution >= 0.6 is 0 Å². The van der Waals surface area contributed by atoms with Crippen molar-refractivity contribution in [3.8, 4) is 5.75 Å². The van der Waals surface area contributed by atoms with Crippen LogP contribution < -0.4 is 4.74 Å². The Balaban J connectivity index is 1.27. The Morgan fingerprint density at radius 3 is 2.56 bits per heavy atom. The second kappa shape index (κ2) is 11.4. The Kier molecular flexibility index (Phi) is 8.13. The number of aliphatic hydroxyl groups is 1. The number of hydrogen-bond acceptors (Lipinski definition) is 5. The number of likely N-dealkylation sites (tertiary alicyclic amines) is 2. The van der Waals surface area contributed by atoms with Gasteiger partial charge in [0, 0.05) is 50.6 Å². The van der Waals surface area contributed by atoms with Crippen molar-refractivity contribution in [3.63, 3.8) is 0 Å². The SMILES string of the molecule is O=C(c1ccc(OC2CCN(Cc3ccccn3)CC2)cc1)N1CCCCC1CCCO. The van der Waals surface area contributed by atoms with Crippen LogP contribution in [0.3, 0.4) is 0 Å². The van der Waals surface area contributed by atoms with E-state index in [2.05, 4.69) is 16.0 Å². The molecule has 2 saturated heterocycles. The number of carbonyl (C=O) groups is 1. The quantitative estimate of drug-likeness (QED) is 0.679. The minimum absolute atomic E-state index is 0.0991. The van der Waals surface area contributed by atoms with E-state index >= 15 is 0 Å². The van der Waals surface area contributed by atoms with Gasteiger partial charge in [0.1, 0.15) is 11.9 Å². The van der Waals surface area contributed by atoms with E-state index in [0.29, 0.717) is 0 Å². The zero-order valence-corrected chi connectivity index (χ0v) is 18.9. The lowest BCUT2D eigenvalue weighted by atomic mass is 9.97. The lowest BCUT2D eigenvalue weighted by Gasteiger charge is -2.36. The highest BCUT2D eigenvalue weighted by Crippen LogP contribution is 2.25. The Hall–Kier alpha value is -2.44. The van der Waals surface area contributed by atoms with Crippen molar-refractivity contribution in [1.82, 2.24) is 14.8 Å². The Labute approximate surface area is 191 Å². The van der Waals surface area contributed by atoms with Gasteiger partial charge in [0.2, 0.25) is 0 Å². The molecule has 3 heterocycles. The van der Waals surface area contributed by atoms with Gasteiger partial charge in [-0.15, -0.1) is 0 Å². The highest BCUT2D eigenvalue weighted by Gasteiger charge is 2.27. The summed E-state index contributed by atoms with van der Waals surface area (Å²) in [7, 11) is 0. The van der Waals surface area contributed by atoms with E-state index in [9.17, 15) is 4.79 Å². The minimum atomic E-state index is 0.0991. The van der Waals surface area contributed by atoms with Crippen LogP contribution in [0.2, 0.25) is 0 Å². The largest absolute Gasteiger partial charge is 0.490 e. The number of aliphatic hydroxyl groups excluding tert-OH is 1. The van der Waals surface area contributed by atoms with E-state index in [1.807, 2.05) is 47.5 Å². The molecule has 0 saturated carbocycles. The van der Waals surface area contributed by atoms with Crippen LogP contribution in [-0.4, -0.2) is 64.2 Å². The van der Waals surface area contributed by atoms with Gasteiger partial charge in [-0.2, -0.15) is 0 Å². The van der Waals surface area contributed by atoms with Gasteiger partial charge in [-0.05, 0) is 81.3 Å². The number of aromatic nitrogens is 1. The maximum Gasteiger partial charge on any atom is 0.254 e. The van der Waals surface area contributed by atoms with Gasteiger partial charge in [0.15, 0.2) is 0 Å². The number of rotatable bonds is 8. The molecule has 172 valence electrons. The van der Waals surface area contributed by atoms with Crippen LogP contribution in [0.4, 0.5) is 0 Å². The van der Waals surface area contributed by atoms with Crippen molar-refractivity contribution in [1.29, 1.82) is 0 Å². The average molecular weight is 438 g/mol. The lowest BCUT2D eigenvalue weighted by Crippen LogP contribution is -2.43. The fourth-order valence-electron chi connectivity index (χ4n) is 4.84. The molecule has 1 aromatic carbocycles. The van der Waals surface area contributed by atoms with Crippen LogP contribution in [0.25, 0.3) is 0 Å². The number of carbonyl (C=O) groups excluding carboxylic acids is 1. The summed E-state index contributed by atoms with van der Waals surface area (Å²) in [5.41, 5.74) is 1.83. The van der Waals surface area contributed by atoms with E-state index in [4.69, 9.17) is 9.84 Å². The molecule has 0 radical (unpaired) electrons. The van der Waals surface area contributed by atoms with Crippen molar-refractivity contribution >= 4 is 5.91 Å². The lowest BCUT2D eigenvalue weighted by molar-refractivity contribution is 0.0590. The predicted octanol–water partition coefficient (Wildman–Crippen LogP) is 3.89. The van der Waals surface area contributed by atoms with Gasteiger partial charge < -0.3 is 14.7 Å². The third-order valence-electron chi connectivity index (χ3n) is 6.63. The molecule has 6 nitrogen and oxygen atoms in total. The summed E-state index contributed by atoms with van der Waals surface area (Å²) < 4.78 is 6.21. The van der Waals surface area contributed by atoms with Gasteiger partial charge in [0.05, 0.1) is 5.69 Å². The van der Waals surface area contributed by atoms with Crippen molar-refractivity contribution in [3.05, 3.63) is 59.9 Å². The fourth-order valence-corrected chi connectivity index (χ4v) is 4.84. The summed E-state index contributed by atoms with van der Waals surface area (Å²) >= 11 is 0. The highest BCUT2D eigenvalue weighted by molar-refractivity contribution is 5.94. The van der Waals surface area contributed by atoms with Gasteiger partial charge >= 0.3 is 0 Å². The zero-order valence-electron chi connectivity index (χ0n) is 18.9. The predicted molar refractivity (Wildman–Crippen MR) is 125 cm³/mol. The molecular weight excluding hydrogens is 402 g/mol. The monoisotopic (exact) mass is 437 g/mol. The molecule has 0 spiro atoms. The number of piperidine rings is 2. The van der Waals surface area contributed by atoms with Gasteiger partial charge in [-0.3, -0.25) is 14.7 Å². The number of pyridine rings is 1. The fraction of sp³-hybridized carbons (Fsp3) is 0.538. The maximum absolute atomic E-state index is 13.1. The standard InChI is InChI=1S/C26H35N3O3/c30-19-5-8-23-7-2-4-16-29(23)26(31)21-9-11-24(12-10-21)32-25-13-17-28(18-14-25)20-22-6-1-3-15-27-22/h1,3,6,9-12,15,23,25,30H,2,4-5,7-8,13-14,16-20H2. The zero-order chi connectivity index (χ0) is 22.2. The first-order valence-corrected chi connectivity index (χ1v) is 12.0. The number of benzene rings is 1. The third kappa shape index (κ3) is 6.08. The van der Waals surface area contributed by atoms with Crippen LogP contribution in [0.5, 0.6) is 5.75 Å². The number of amides is 1. The Bertz CT molecular complexity index is 835. The second-order valence-electron chi connectivity index (χ2n) is 8.95. The summed E-state index contributed by atoms with van der Waals surface area (Å²) in [5, 5.41) is 9.16. The van der Waals surface area contributed by atoms with Gasteiger partial charge in [0.25, 0.3) is 5.91 Å². The third-order valence-corrected chi connectivity index (χ3v) is 6.63. The van der Waals surface area contributed by atoms with E-state index in [1.54, 1.807) is 0 Å². The van der Waals surface area contributed by atoms with Crippen molar-refractivity contribution in [2.24, 2.45) is 0 Å². The molecule has 1 N–H and O–H groups in total. The smallest absolute Gasteiger partial charge is 0.254 e. The Morgan fingerprint density at radius 2 is 1.84 bits per heavy atom. The molecule has 1 atom stereocenters. The first-order valence-electron chi connectivity index (χ1n) is 12.0. The molecule has 0 bridgehead atoms. The van der Waals surface area contributed by atoms with Gasteiger partial charge in [-0.1, -0.05) is 6.07 Å². The number of hydrogen-bond donors (Lipinski definition) is 1. The normalized spacial score (nSPS) is 20.3. The molecule has 6 heteroatoms. The molecule has 2 aromatic rings. The highest BCUT2D eigenvalue weighted by atomic mass is 16.5. The molecule has 2 aliphatic heterocycles. The molecule has 32 heavy (non-hydrogen) atoms. The molecule has 0 aliphatic carbocycles. The van der Waals surface area contributed by atoms with Crippen LogP contribution in [0.15, 0.2) is 48.7 Å². The van der Waals surface area contributed by atoms with Crippen molar-refractivity contribution in [2.75, 3.05) is 26.2 Å². The van der Waals surface area contributed by atoms with Crippen LogP contribution in [0, 0.1) is 0 Å². The van der Waals surface area contributed by atoms with Crippen LogP contribution in [0.1, 0.15) is 61.0 Å². The molecule has 4 rings (SSSR count). The molecule has 1 aromatic heterocycles. The first-order chi connectivity index (χ1) is 15.7. The summed E-state index contributed by atoms with van der Waals surface area (Å²) in [6.45, 7) is 3.89. The summed E-state index contributed by atoms with van der Waals surface area (Å²) in [4.78, 5) is 21.9. The summed E-state index contributed by atoms with van der Waals surface area (Å²) in [6, 6.07) is 14.0. The molecule has 2 aliphatic rings. The summed E-state index contributed by atoms with van der Waals surface area (Å²) in [6.07, 6.45) is 8.93. The van der Waals surface area contributed by atoms with E-state index < -0.39 is 0 Å². The molecule has 1 unspecified atom stereocenters. The van der Waals surface area contributed by atoms with Crippen molar-refractivity contribution < 1.29 is 14.6 Å². The van der Waals surface area contributed by atoms with E-state index in [0.717, 1.165) is 88.1 Å². The Morgan fingerprint density at radius 1 is 1.03 bits per heavy atom. The molecule has 1 amide bonds. The maximum atomic E-state index is 13.1. The first kappa shape index (κ1) is 22.7. The summed E-state index contributed by atoms with van der Waals surface area (Å²) in [5.74, 6) is 0.933. The topological polar surface area (TPSA) is 65.9 Å². The van der Waals surface area contributed by atoms with Gasteiger partial charge in [-0.25, -0.2) is 0 Å². The van der Waals surface area contributed by atoms with Crippen LogP contribution in [-0.2, 0) is 6.54 Å². The number of ether oxygens (including phenoxy) is 1. The number of nitrogens with zero attached hydrogens (tertiary/aromatic N) is 3. The van der Waals surface area contributed by atoms with E-state index in [-0.39, 0.29) is 24.7 Å². The average Bonchev–Trinajstić information content (AvgIpc) is 2.85.